The van der Waals surface area contributed by atoms with Crippen LogP contribution < -0.4 is 10.1 Å². The van der Waals surface area contributed by atoms with Crippen molar-refractivity contribution in [2.45, 2.75) is 6.61 Å². The van der Waals surface area contributed by atoms with Gasteiger partial charge in [-0.25, -0.2) is 9.18 Å². The lowest BCUT2D eigenvalue weighted by Crippen LogP contribution is -2.21. The maximum absolute atomic E-state index is 13.6. The van der Waals surface area contributed by atoms with Gasteiger partial charge in [-0.05, 0) is 42.0 Å². The van der Waals surface area contributed by atoms with Gasteiger partial charge in [-0.15, -0.1) is 0 Å². The van der Waals surface area contributed by atoms with Crippen LogP contribution in [0.1, 0.15) is 15.9 Å². The number of hydrogen-bond acceptors (Lipinski definition) is 4. The zero-order chi connectivity index (χ0) is 20.6. The molecule has 0 saturated heterocycles. The zero-order valence-corrected chi connectivity index (χ0v) is 16.0. The molecule has 3 aromatic carbocycles. The van der Waals surface area contributed by atoms with Crippen molar-refractivity contribution < 1.29 is 23.5 Å². The number of carbonyl (C=O) groups excluding carboxylic acids is 2. The van der Waals surface area contributed by atoms with E-state index in [0.717, 1.165) is 5.56 Å². The molecule has 0 atom stereocenters. The van der Waals surface area contributed by atoms with Gasteiger partial charge in [0.25, 0.3) is 5.91 Å². The Morgan fingerprint density at radius 2 is 1.62 bits per heavy atom. The van der Waals surface area contributed by atoms with Crippen LogP contribution in [0.3, 0.4) is 0 Å². The van der Waals surface area contributed by atoms with Crippen LogP contribution in [-0.4, -0.2) is 18.5 Å². The summed E-state index contributed by atoms with van der Waals surface area (Å²) in [6.07, 6.45) is 0. The van der Waals surface area contributed by atoms with Crippen molar-refractivity contribution in [3.63, 3.8) is 0 Å². The van der Waals surface area contributed by atoms with Gasteiger partial charge in [0, 0.05) is 5.02 Å². The predicted octanol–water partition coefficient (Wildman–Crippen LogP) is 4.85. The number of rotatable bonds is 7. The molecular weight excluding hydrogens is 397 g/mol. The van der Waals surface area contributed by atoms with Gasteiger partial charge >= 0.3 is 5.97 Å². The molecule has 0 aliphatic carbocycles. The lowest BCUT2D eigenvalue weighted by Gasteiger charge is -2.12. The summed E-state index contributed by atoms with van der Waals surface area (Å²) in [6.45, 7) is -0.325. The van der Waals surface area contributed by atoms with Gasteiger partial charge in [-0.3, -0.25) is 4.79 Å². The van der Waals surface area contributed by atoms with Crippen LogP contribution >= 0.6 is 11.6 Å². The van der Waals surface area contributed by atoms with Crippen molar-refractivity contribution in [2.24, 2.45) is 0 Å². The number of hydrogen-bond donors (Lipinski definition) is 1. The predicted molar refractivity (Wildman–Crippen MR) is 108 cm³/mol. The molecule has 1 N–H and O–H groups in total. The van der Waals surface area contributed by atoms with Crippen molar-refractivity contribution in [3.05, 3.63) is 94.8 Å². The van der Waals surface area contributed by atoms with E-state index in [1.54, 1.807) is 36.4 Å². The highest BCUT2D eigenvalue weighted by Gasteiger charge is 2.16. The van der Waals surface area contributed by atoms with Gasteiger partial charge in [0.05, 0.1) is 5.69 Å². The fraction of sp³-hybridized carbons (Fsp3) is 0.0909. The SMILES string of the molecule is O=C(COC(=O)c1ccccc1OCc1ccc(Cl)cc1)Nc1ccccc1F. The quantitative estimate of drug-likeness (QED) is 0.562. The summed E-state index contributed by atoms with van der Waals surface area (Å²) in [5, 5.41) is 2.97. The summed E-state index contributed by atoms with van der Waals surface area (Å²) in [4.78, 5) is 24.3. The smallest absolute Gasteiger partial charge is 0.342 e. The summed E-state index contributed by atoms with van der Waals surface area (Å²) in [5.41, 5.74) is 1.07. The van der Waals surface area contributed by atoms with Gasteiger partial charge in [-0.1, -0.05) is 48.0 Å². The average Bonchev–Trinajstić information content (AvgIpc) is 2.73. The number of para-hydroxylation sites is 2. The Balaban J connectivity index is 1.58. The van der Waals surface area contributed by atoms with E-state index in [0.29, 0.717) is 10.8 Å². The first-order valence-electron chi connectivity index (χ1n) is 8.70. The highest BCUT2D eigenvalue weighted by atomic mass is 35.5. The average molecular weight is 414 g/mol. The number of esters is 1. The van der Waals surface area contributed by atoms with Crippen LogP contribution in [0.5, 0.6) is 5.75 Å². The van der Waals surface area contributed by atoms with E-state index in [2.05, 4.69) is 5.32 Å². The standard InChI is InChI=1S/C22H17ClFNO4/c23-16-11-9-15(10-12-16)13-28-20-8-4-1-5-17(20)22(27)29-14-21(26)25-19-7-3-2-6-18(19)24/h1-12H,13-14H2,(H,25,26). The Morgan fingerprint density at radius 3 is 2.38 bits per heavy atom. The fourth-order valence-electron chi connectivity index (χ4n) is 2.46. The van der Waals surface area contributed by atoms with Crippen molar-refractivity contribution in [1.29, 1.82) is 0 Å². The molecule has 3 aromatic rings. The van der Waals surface area contributed by atoms with E-state index in [1.807, 2.05) is 12.1 Å². The maximum atomic E-state index is 13.6. The second-order valence-electron chi connectivity index (χ2n) is 6.02. The van der Waals surface area contributed by atoms with Gasteiger partial charge in [0.1, 0.15) is 23.7 Å². The van der Waals surface area contributed by atoms with Crippen molar-refractivity contribution in [2.75, 3.05) is 11.9 Å². The van der Waals surface area contributed by atoms with Crippen LogP contribution in [0, 0.1) is 5.82 Å². The Labute approximate surface area is 172 Å². The summed E-state index contributed by atoms with van der Waals surface area (Å²) in [6, 6.07) is 19.4. The number of halogens is 2. The van der Waals surface area contributed by atoms with Crippen molar-refractivity contribution >= 4 is 29.2 Å². The minimum atomic E-state index is -0.722. The number of carbonyl (C=O) groups is 2. The lowest BCUT2D eigenvalue weighted by atomic mass is 10.2. The van der Waals surface area contributed by atoms with Gasteiger partial charge in [0.2, 0.25) is 0 Å². The van der Waals surface area contributed by atoms with Crippen LogP contribution in [0.25, 0.3) is 0 Å². The van der Waals surface area contributed by atoms with Crippen molar-refractivity contribution in [1.82, 2.24) is 0 Å². The molecule has 3 rings (SSSR count). The molecule has 0 radical (unpaired) electrons. The van der Waals surface area contributed by atoms with Crippen LogP contribution in [0.15, 0.2) is 72.8 Å². The molecule has 7 heteroatoms. The molecule has 0 spiro atoms. The second-order valence-corrected chi connectivity index (χ2v) is 6.45. The fourth-order valence-corrected chi connectivity index (χ4v) is 2.59. The Kier molecular flexibility index (Phi) is 6.81. The first-order chi connectivity index (χ1) is 14.0. The molecule has 0 fully saturated rings. The zero-order valence-electron chi connectivity index (χ0n) is 15.2. The van der Waals surface area contributed by atoms with E-state index in [4.69, 9.17) is 21.1 Å². The van der Waals surface area contributed by atoms with E-state index in [-0.39, 0.29) is 17.9 Å². The first kappa shape index (κ1) is 20.4. The topological polar surface area (TPSA) is 64.6 Å². The van der Waals surface area contributed by atoms with Gasteiger partial charge in [-0.2, -0.15) is 0 Å². The summed E-state index contributed by atoms with van der Waals surface area (Å²) in [7, 11) is 0. The number of benzene rings is 3. The molecule has 1 amide bonds. The summed E-state index contributed by atoms with van der Waals surface area (Å²) < 4.78 is 24.3. The minimum absolute atomic E-state index is 0.0141. The minimum Gasteiger partial charge on any atom is -0.488 e. The maximum Gasteiger partial charge on any atom is 0.342 e. The molecule has 0 unspecified atom stereocenters. The molecule has 0 heterocycles. The van der Waals surface area contributed by atoms with Gasteiger partial charge in [0.15, 0.2) is 6.61 Å². The van der Waals surface area contributed by atoms with Gasteiger partial charge < -0.3 is 14.8 Å². The van der Waals surface area contributed by atoms with E-state index in [1.165, 1.54) is 24.3 Å². The lowest BCUT2D eigenvalue weighted by molar-refractivity contribution is -0.119. The molecule has 0 aliphatic heterocycles. The summed E-state index contributed by atoms with van der Waals surface area (Å²) >= 11 is 5.86. The third-order valence-electron chi connectivity index (χ3n) is 3.90. The number of anilines is 1. The van der Waals surface area contributed by atoms with Crippen LogP contribution in [-0.2, 0) is 16.1 Å². The second kappa shape index (κ2) is 9.71. The Bertz CT molecular complexity index is 1010. The molecular formula is C22H17ClFNO4. The molecule has 0 saturated carbocycles. The van der Waals surface area contributed by atoms with E-state index < -0.39 is 24.3 Å². The highest BCUT2D eigenvalue weighted by molar-refractivity contribution is 6.30. The third kappa shape index (κ3) is 5.80. The Morgan fingerprint density at radius 1 is 0.931 bits per heavy atom. The largest absolute Gasteiger partial charge is 0.488 e. The molecule has 29 heavy (non-hydrogen) atoms. The molecule has 0 bridgehead atoms. The van der Waals surface area contributed by atoms with E-state index in [9.17, 15) is 14.0 Å². The molecule has 0 aromatic heterocycles. The molecule has 0 aliphatic rings. The van der Waals surface area contributed by atoms with Crippen LogP contribution in [0.4, 0.5) is 10.1 Å². The first-order valence-corrected chi connectivity index (χ1v) is 9.08. The van der Waals surface area contributed by atoms with Crippen LogP contribution in [0.2, 0.25) is 5.02 Å². The third-order valence-corrected chi connectivity index (χ3v) is 4.15. The number of ether oxygens (including phenoxy) is 2. The normalized spacial score (nSPS) is 10.3. The number of amides is 1. The molecule has 148 valence electrons. The number of nitrogens with one attached hydrogen (secondary N) is 1. The Hall–Kier alpha value is -3.38. The molecule has 5 nitrogen and oxygen atoms in total. The monoisotopic (exact) mass is 413 g/mol. The van der Waals surface area contributed by atoms with Crippen molar-refractivity contribution in [3.8, 4) is 5.75 Å². The van der Waals surface area contributed by atoms with E-state index >= 15 is 0 Å². The summed E-state index contributed by atoms with van der Waals surface area (Å²) in [5.74, 6) is -1.63. The highest BCUT2D eigenvalue weighted by Crippen LogP contribution is 2.21.